The zero-order valence-electron chi connectivity index (χ0n) is 7.75. The van der Waals surface area contributed by atoms with Gasteiger partial charge in [-0.3, -0.25) is 4.90 Å². The highest BCUT2D eigenvalue weighted by Crippen LogP contribution is 2.00. The van der Waals surface area contributed by atoms with Crippen molar-refractivity contribution in [2.75, 3.05) is 13.1 Å². The second kappa shape index (κ2) is 6.64. The Morgan fingerprint density at radius 1 is 1.08 bits per heavy atom. The van der Waals surface area contributed by atoms with Crippen molar-refractivity contribution < 1.29 is 0 Å². The fraction of sp³-hybridized carbons (Fsp3) is 0.778. The average Bonchev–Trinajstić information content (AvgIpc) is 2.07. The van der Waals surface area contributed by atoms with Gasteiger partial charge in [0.1, 0.15) is 0 Å². The molecule has 0 heterocycles. The fourth-order valence-electron chi connectivity index (χ4n) is 1.14. The van der Waals surface area contributed by atoms with Crippen molar-refractivity contribution in [1.29, 1.82) is 10.5 Å². The summed E-state index contributed by atoms with van der Waals surface area (Å²) >= 11 is 0. The smallest absolute Gasteiger partial charge is 0.186 e. The van der Waals surface area contributed by atoms with Crippen LogP contribution in [0, 0.1) is 22.7 Å². The van der Waals surface area contributed by atoms with Crippen LogP contribution in [0.25, 0.3) is 0 Å². The van der Waals surface area contributed by atoms with E-state index < -0.39 is 6.04 Å². The number of rotatable bonds is 5. The third-order valence-corrected chi connectivity index (χ3v) is 1.63. The van der Waals surface area contributed by atoms with Crippen molar-refractivity contribution in [3.8, 4) is 12.1 Å². The molecule has 0 aliphatic heterocycles. The Labute approximate surface area is 74.2 Å². The highest BCUT2D eigenvalue weighted by molar-refractivity contribution is 5.06. The number of hydrogen-bond donors (Lipinski definition) is 0. The molecule has 0 atom stereocenters. The van der Waals surface area contributed by atoms with Crippen molar-refractivity contribution >= 4 is 0 Å². The van der Waals surface area contributed by atoms with Gasteiger partial charge >= 0.3 is 0 Å². The summed E-state index contributed by atoms with van der Waals surface area (Å²) in [6, 6.07) is 3.41. The van der Waals surface area contributed by atoms with Crippen LogP contribution in [0.3, 0.4) is 0 Å². The van der Waals surface area contributed by atoms with Gasteiger partial charge in [-0.1, -0.05) is 13.8 Å². The number of nitriles is 2. The molecule has 0 N–H and O–H groups in total. The van der Waals surface area contributed by atoms with E-state index in [9.17, 15) is 0 Å². The zero-order chi connectivity index (χ0) is 9.40. The second-order valence-corrected chi connectivity index (χ2v) is 2.70. The standard InChI is InChI=1S/C9H15N3/c1-3-5-12(6-4-2)9(7-10)8-11/h9H,3-6H2,1-2H3. The molecule has 0 aromatic heterocycles. The highest BCUT2D eigenvalue weighted by atomic mass is 15.1. The Bertz CT molecular complexity index is 167. The molecular weight excluding hydrogens is 150 g/mol. The van der Waals surface area contributed by atoms with Crippen LogP contribution in [0.4, 0.5) is 0 Å². The van der Waals surface area contributed by atoms with E-state index in [0.29, 0.717) is 0 Å². The number of nitrogens with zero attached hydrogens (tertiary/aromatic N) is 3. The van der Waals surface area contributed by atoms with Crippen molar-refractivity contribution in [1.82, 2.24) is 4.90 Å². The first-order chi connectivity index (χ1) is 5.79. The van der Waals surface area contributed by atoms with Gasteiger partial charge in [-0.2, -0.15) is 10.5 Å². The molecule has 0 aliphatic rings. The summed E-state index contributed by atoms with van der Waals surface area (Å²) in [5.74, 6) is 0. The van der Waals surface area contributed by atoms with E-state index in [1.54, 1.807) is 0 Å². The minimum Gasteiger partial charge on any atom is -0.276 e. The maximum absolute atomic E-state index is 8.64. The summed E-state index contributed by atoms with van der Waals surface area (Å²) in [6.45, 7) is 5.77. The van der Waals surface area contributed by atoms with E-state index in [1.807, 2.05) is 17.0 Å². The quantitative estimate of drug-likeness (QED) is 0.620. The van der Waals surface area contributed by atoms with Gasteiger partial charge in [0.2, 0.25) is 0 Å². The Hall–Kier alpha value is -1.06. The molecule has 3 heteroatoms. The lowest BCUT2D eigenvalue weighted by Gasteiger charge is -2.20. The minimum absolute atomic E-state index is 0.565. The molecule has 0 aromatic rings. The summed E-state index contributed by atoms with van der Waals surface area (Å²) in [6.07, 6.45) is 1.97. The Morgan fingerprint density at radius 2 is 1.50 bits per heavy atom. The molecule has 66 valence electrons. The van der Waals surface area contributed by atoms with Crippen LogP contribution < -0.4 is 0 Å². The first kappa shape index (κ1) is 10.9. The SMILES string of the molecule is CCCN(CCC)C(C#N)C#N. The van der Waals surface area contributed by atoms with E-state index in [-0.39, 0.29) is 0 Å². The van der Waals surface area contributed by atoms with Gasteiger partial charge in [0.25, 0.3) is 0 Å². The highest BCUT2D eigenvalue weighted by Gasteiger charge is 2.14. The average molecular weight is 165 g/mol. The number of hydrogen-bond acceptors (Lipinski definition) is 3. The summed E-state index contributed by atoms with van der Waals surface area (Å²) in [7, 11) is 0. The maximum Gasteiger partial charge on any atom is 0.186 e. The molecule has 0 fully saturated rings. The van der Waals surface area contributed by atoms with Crippen molar-refractivity contribution in [2.24, 2.45) is 0 Å². The van der Waals surface area contributed by atoms with Crippen LogP contribution in [0.15, 0.2) is 0 Å². The van der Waals surface area contributed by atoms with Crippen LogP contribution in [0.5, 0.6) is 0 Å². The molecule has 0 amide bonds. The summed E-state index contributed by atoms with van der Waals surface area (Å²) in [4.78, 5) is 1.92. The first-order valence-corrected chi connectivity index (χ1v) is 4.33. The second-order valence-electron chi connectivity index (χ2n) is 2.70. The summed E-state index contributed by atoms with van der Waals surface area (Å²) < 4.78 is 0. The third kappa shape index (κ3) is 3.37. The van der Waals surface area contributed by atoms with E-state index in [0.717, 1.165) is 25.9 Å². The van der Waals surface area contributed by atoms with Gasteiger partial charge in [0.15, 0.2) is 6.04 Å². The minimum atomic E-state index is -0.565. The molecule has 0 aromatic carbocycles. The monoisotopic (exact) mass is 165 g/mol. The van der Waals surface area contributed by atoms with Gasteiger partial charge < -0.3 is 0 Å². The van der Waals surface area contributed by atoms with Gasteiger partial charge in [-0.25, -0.2) is 0 Å². The fourth-order valence-corrected chi connectivity index (χ4v) is 1.14. The van der Waals surface area contributed by atoms with Crippen LogP contribution in [0.2, 0.25) is 0 Å². The molecular formula is C9H15N3. The van der Waals surface area contributed by atoms with Gasteiger partial charge in [-0.05, 0) is 12.8 Å². The molecule has 0 unspecified atom stereocenters. The van der Waals surface area contributed by atoms with E-state index in [2.05, 4.69) is 13.8 Å². The molecule has 12 heavy (non-hydrogen) atoms. The molecule has 0 radical (unpaired) electrons. The Kier molecular flexibility index (Phi) is 6.05. The molecule has 0 saturated carbocycles. The maximum atomic E-state index is 8.64. The zero-order valence-corrected chi connectivity index (χ0v) is 7.75. The van der Waals surface area contributed by atoms with E-state index in [1.165, 1.54) is 0 Å². The van der Waals surface area contributed by atoms with Gasteiger partial charge in [0, 0.05) is 13.1 Å². The Balaban J connectivity index is 4.09. The predicted molar refractivity (Wildman–Crippen MR) is 47.2 cm³/mol. The summed E-state index contributed by atoms with van der Waals surface area (Å²) in [5, 5.41) is 17.3. The predicted octanol–water partition coefficient (Wildman–Crippen LogP) is 1.52. The van der Waals surface area contributed by atoms with Crippen molar-refractivity contribution in [2.45, 2.75) is 32.7 Å². The lowest BCUT2D eigenvalue weighted by atomic mass is 10.2. The van der Waals surface area contributed by atoms with Crippen LogP contribution in [0.1, 0.15) is 26.7 Å². The molecule has 0 rings (SSSR count). The largest absolute Gasteiger partial charge is 0.276 e. The van der Waals surface area contributed by atoms with Crippen LogP contribution >= 0.6 is 0 Å². The van der Waals surface area contributed by atoms with Crippen molar-refractivity contribution in [3.63, 3.8) is 0 Å². The van der Waals surface area contributed by atoms with Gasteiger partial charge in [-0.15, -0.1) is 0 Å². The molecule has 0 saturated heterocycles. The molecule has 0 spiro atoms. The lowest BCUT2D eigenvalue weighted by Crippen LogP contribution is -2.34. The normalized spacial score (nSPS) is 9.83. The Morgan fingerprint density at radius 3 is 1.75 bits per heavy atom. The van der Waals surface area contributed by atoms with Gasteiger partial charge in [0.05, 0.1) is 12.1 Å². The first-order valence-electron chi connectivity index (χ1n) is 4.33. The molecule has 3 nitrogen and oxygen atoms in total. The topological polar surface area (TPSA) is 50.8 Å². The summed E-state index contributed by atoms with van der Waals surface area (Å²) in [5.41, 5.74) is 0. The van der Waals surface area contributed by atoms with E-state index in [4.69, 9.17) is 10.5 Å². The molecule has 0 bridgehead atoms. The van der Waals surface area contributed by atoms with Crippen LogP contribution in [-0.2, 0) is 0 Å². The van der Waals surface area contributed by atoms with Crippen LogP contribution in [-0.4, -0.2) is 24.0 Å². The third-order valence-electron chi connectivity index (χ3n) is 1.63. The lowest BCUT2D eigenvalue weighted by molar-refractivity contribution is 0.268. The molecule has 0 aliphatic carbocycles. The van der Waals surface area contributed by atoms with Crippen molar-refractivity contribution in [3.05, 3.63) is 0 Å². The van der Waals surface area contributed by atoms with E-state index >= 15 is 0 Å².